The van der Waals surface area contributed by atoms with Crippen LogP contribution >= 0.6 is 0 Å². The SMILES string of the molecule is CCN1C(=O)CN(C)C12C[C@@H](C(=O)NC(CC1CC1)C(=O)C(=O)NC1CC1)N(C(=O)C(NC(=O)C(NC(=O)c1cnccn1)C1CCCCC1)C(C)(C)C)C2. The van der Waals surface area contributed by atoms with E-state index in [0.29, 0.717) is 13.0 Å². The zero-order valence-corrected chi connectivity index (χ0v) is 32.8. The van der Waals surface area contributed by atoms with Gasteiger partial charge >= 0.3 is 0 Å². The summed E-state index contributed by atoms with van der Waals surface area (Å²) in [6.07, 6.45) is 12.2. The van der Waals surface area contributed by atoms with E-state index in [1.54, 1.807) is 11.9 Å². The Morgan fingerprint density at radius 2 is 1.65 bits per heavy atom. The molecule has 5 fully saturated rings. The summed E-state index contributed by atoms with van der Waals surface area (Å²) in [6.45, 7) is 7.73. The van der Waals surface area contributed by atoms with Crippen molar-refractivity contribution in [2.75, 3.05) is 26.7 Å². The molecule has 0 bridgehead atoms. The lowest BCUT2D eigenvalue weighted by Crippen LogP contribution is -2.62. The number of nitrogens with zero attached hydrogens (tertiary/aromatic N) is 5. The Labute approximate surface area is 322 Å². The molecule has 3 heterocycles. The Bertz CT molecular complexity index is 1650. The lowest BCUT2D eigenvalue weighted by molar-refractivity contribution is -0.145. The summed E-state index contributed by atoms with van der Waals surface area (Å²) in [5, 5.41) is 11.5. The Morgan fingerprint density at radius 3 is 2.25 bits per heavy atom. The first kappa shape index (κ1) is 40.2. The molecule has 3 saturated carbocycles. The molecule has 0 radical (unpaired) electrons. The van der Waals surface area contributed by atoms with Gasteiger partial charge in [-0.2, -0.15) is 0 Å². The van der Waals surface area contributed by atoms with E-state index >= 15 is 4.79 Å². The van der Waals surface area contributed by atoms with Crippen LogP contribution in [-0.4, -0.2) is 128 Å². The van der Waals surface area contributed by atoms with E-state index in [9.17, 15) is 28.8 Å². The average molecular weight is 764 g/mol. The van der Waals surface area contributed by atoms with Gasteiger partial charge in [-0.1, -0.05) is 52.9 Å². The maximum atomic E-state index is 15.0. The van der Waals surface area contributed by atoms with Crippen LogP contribution in [0.1, 0.15) is 109 Å². The zero-order chi connectivity index (χ0) is 39.7. The molecule has 4 N–H and O–H groups in total. The average Bonchev–Trinajstić information content (AvgIpc) is 4.10. The van der Waals surface area contributed by atoms with Crippen LogP contribution in [0.3, 0.4) is 0 Å². The lowest BCUT2D eigenvalue weighted by atomic mass is 9.82. The third-order valence-corrected chi connectivity index (χ3v) is 12.0. The lowest BCUT2D eigenvalue weighted by Gasteiger charge is -2.40. The van der Waals surface area contributed by atoms with Crippen LogP contribution in [0, 0.1) is 17.3 Å². The number of Topliss-reactive ketones (excluding diaryl/α,β-unsaturated/α-hetero) is 1. The number of hydrogen-bond donors (Lipinski definition) is 4. The van der Waals surface area contributed by atoms with Crippen molar-refractivity contribution < 1.29 is 33.6 Å². The highest BCUT2D eigenvalue weighted by Crippen LogP contribution is 2.40. The fourth-order valence-electron chi connectivity index (χ4n) is 8.52. The molecule has 16 nitrogen and oxygen atoms in total. The van der Waals surface area contributed by atoms with Gasteiger partial charge in [0.2, 0.25) is 29.4 Å². The Kier molecular flexibility index (Phi) is 11.9. The molecule has 2 aliphatic heterocycles. The van der Waals surface area contributed by atoms with E-state index in [-0.39, 0.29) is 49.0 Å². The van der Waals surface area contributed by atoms with E-state index in [1.165, 1.54) is 23.5 Å². The van der Waals surface area contributed by atoms with Crippen LogP contribution in [0.2, 0.25) is 0 Å². The summed E-state index contributed by atoms with van der Waals surface area (Å²) >= 11 is 0. The molecule has 5 aliphatic rings. The second-order valence-electron chi connectivity index (χ2n) is 17.3. The Balaban J connectivity index is 1.28. The van der Waals surface area contributed by atoms with Crippen molar-refractivity contribution in [3.63, 3.8) is 0 Å². The number of carbonyl (C=O) groups is 7. The van der Waals surface area contributed by atoms with Gasteiger partial charge in [0.1, 0.15) is 29.5 Å². The second-order valence-corrected chi connectivity index (χ2v) is 17.3. The summed E-state index contributed by atoms with van der Waals surface area (Å²) in [6, 6.07) is -4.32. The molecule has 1 spiro atoms. The molecule has 0 aromatic carbocycles. The number of hydrogen-bond acceptors (Lipinski definition) is 10. The highest BCUT2D eigenvalue weighted by Gasteiger charge is 2.60. The first-order chi connectivity index (χ1) is 26.1. The van der Waals surface area contributed by atoms with Crippen LogP contribution in [0.15, 0.2) is 18.6 Å². The first-order valence-electron chi connectivity index (χ1n) is 20.0. The van der Waals surface area contributed by atoms with E-state index < -0.39 is 70.6 Å². The predicted molar refractivity (Wildman–Crippen MR) is 200 cm³/mol. The molecule has 16 heteroatoms. The maximum Gasteiger partial charge on any atom is 0.289 e. The predicted octanol–water partition coefficient (Wildman–Crippen LogP) is 0.910. The molecule has 6 rings (SSSR count). The maximum absolute atomic E-state index is 15.0. The molecule has 3 aliphatic carbocycles. The summed E-state index contributed by atoms with van der Waals surface area (Å²) in [4.78, 5) is 110. The van der Waals surface area contributed by atoms with Gasteiger partial charge in [-0.05, 0) is 63.3 Å². The monoisotopic (exact) mass is 763 g/mol. The molecule has 2 saturated heterocycles. The number of rotatable bonds is 14. The van der Waals surface area contributed by atoms with Gasteiger partial charge in [0.25, 0.3) is 11.8 Å². The van der Waals surface area contributed by atoms with Gasteiger partial charge in [0, 0.05) is 31.4 Å². The molecule has 300 valence electrons. The van der Waals surface area contributed by atoms with Crippen molar-refractivity contribution in [1.29, 1.82) is 0 Å². The van der Waals surface area contributed by atoms with Gasteiger partial charge in [-0.15, -0.1) is 0 Å². The fraction of sp³-hybridized carbons (Fsp3) is 0.718. The normalized spacial score (nSPS) is 25.0. The molecular weight excluding hydrogens is 706 g/mol. The summed E-state index contributed by atoms with van der Waals surface area (Å²) in [7, 11) is 1.79. The van der Waals surface area contributed by atoms with Gasteiger partial charge in [0.05, 0.1) is 25.3 Å². The van der Waals surface area contributed by atoms with Crippen molar-refractivity contribution in [1.82, 2.24) is 45.9 Å². The minimum atomic E-state index is -1.14. The number of aromatic nitrogens is 2. The van der Waals surface area contributed by atoms with Gasteiger partial charge < -0.3 is 31.1 Å². The fourth-order valence-corrected chi connectivity index (χ4v) is 8.52. The zero-order valence-electron chi connectivity index (χ0n) is 32.8. The highest BCUT2D eigenvalue weighted by atomic mass is 16.2. The van der Waals surface area contributed by atoms with Gasteiger partial charge in [0.15, 0.2) is 0 Å². The molecule has 4 unspecified atom stereocenters. The number of likely N-dealkylation sites (tertiary alicyclic amines) is 1. The molecule has 6 amide bonds. The van der Waals surface area contributed by atoms with Crippen LogP contribution in [0.5, 0.6) is 0 Å². The third-order valence-electron chi connectivity index (χ3n) is 12.0. The van der Waals surface area contributed by atoms with Crippen LogP contribution in [0.4, 0.5) is 0 Å². The standard InChI is InChI=1S/C39H57N9O7/c1-6-48-29(49)21-46(5)39(48)19-28(34(52)43-26(18-23-12-13-23)31(50)36(54)42-25-14-15-25)47(22-39)37(55)32(38(2,3)4)45-35(53)30(24-10-8-7-9-11-24)44-33(51)27-20-40-16-17-41-27/h16-17,20,23-26,28,30,32H,6-15,18-19,21-22H2,1-5H3,(H,42,54)(H,43,52)(H,44,51)(H,45,53)/t26?,28-,30?,32?,39?/m0/s1. The van der Waals surface area contributed by atoms with Crippen molar-refractivity contribution in [2.24, 2.45) is 17.3 Å². The van der Waals surface area contributed by atoms with Crippen LogP contribution < -0.4 is 21.3 Å². The third kappa shape index (κ3) is 9.00. The van der Waals surface area contributed by atoms with Crippen molar-refractivity contribution in [3.05, 3.63) is 24.3 Å². The summed E-state index contributed by atoms with van der Waals surface area (Å²) in [5.41, 5.74) is -1.80. The number of carbonyl (C=O) groups excluding carboxylic acids is 7. The smallest absolute Gasteiger partial charge is 0.289 e. The molecular formula is C39H57N9O7. The van der Waals surface area contributed by atoms with Crippen LogP contribution in [-0.2, 0) is 28.8 Å². The van der Waals surface area contributed by atoms with E-state index in [0.717, 1.165) is 57.8 Å². The minimum absolute atomic E-state index is 0.0126. The molecule has 5 atom stereocenters. The Hall–Kier alpha value is -4.47. The number of likely N-dealkylation sites (N-methyl/N-ethyl adjacent to an activating group) is 2. The van der Waals surface area contributed by atoms with Gasteiger partial charge in [-0.3, -0.25) is 43.4 Å². The van der Waals surface area contributed by atoms with Crippen molar-refractivity contribution >= 4 is 41.2 Å². The molecule has 1 aromatic rings. The second kappa shape index (κ2) is 16.3. The molecule has 1 aromatic heterocycles. The highest BCUT2D eigenvalue weighted by molar-refractivity contribution is 6.38. The van der Waals surface area contributed by atoms with Gasteiger partial charge in [-0.25, -0.2) is 4.98 Å². The number of amides is 6. The van der Waals surface area contributed by atoms with E-state index in [2.05, 4.69) is 31.2 Å². The number of nitrogens with one attached hydrogen (secondary N) is 4. The first-order valence-corrected chi connectivity index (χ1v) is 20.0. The number of ketones is 1. The summed E-state index contributed by atoms with van der Waals surface area (Å²) in [5.74, 6) is -3.73. The minimum Gasteiger partial charge on any atom is -0.347 e. The Morgan fingerprint density at radius 1 is 0.945 bits per heavy atom. The van der Waals surface area contributed by atoms with E-state index in [1.807, 2.05) is 32.6 Å². The topological polar surface area (TPSA) is 203 Å². The largest absolute Gasteiger partial charge is 0.347 e. The quantitative estimate of drug-likeness (QED) is 0.197. The van der Waals surface area contributed by atoms with Crippen molar-refractivity contribution in [2.45, 2.75) is 134 Å². The van der Waals surface area contributed by atoms with Crippen molar-refractivity contribution in [3.8, 4) is 0 Å². The summed E-state index contributed by atoms with van der Waals surface area (Å²) < 4.78 is 0. The van der Waals surface area contributed by atoms with Crippen LogP contribution in [0.25, 0.3) is 0 Å². The van der Waals surface area contributed by atoms with E-state index in [4.69, 9.17) is 0 Å². The molecule has 55 heavy (non-hydrogen) atoms.